The number of hydrogen-bond donors (Lipinski definition) is 1. The van der Waals surface area contributed by atoms with Gasteiger partial charge in [0.15, 0.2) is 0 Å². The molecule has 0 bridgehead atoms. The zero-order valence-electron chi connectivity index (χ0n) is 11.5. The van der Waals surface area contributed by atoms with Gasteiger partial charge in [0.1, 0.15) is 0 Å². The Hall–Kier alpha value is -1.89. The van der Waals surface area contributed by atoms with E-state index < -0.39 is 0 Å². The minimum Gasteiger partial charge on any atom is -0.300 e. The van der Waals surface area contributed by atoms with Crippen molar-refractivity contribution in [2.24, 2.45) is 0 Å². The van der Waals surface area contributed by atoms with Crippen LogP contribution in [0.2, 0.25) is 0 Å². The molecule has 0 radical (unpaired) electrons. The molecule has 0 saturated carbocycles. The Bertz CT molecular complexity index is 528. The molecule has 0 aliphatic rings. The van der Waals surface area contributed by atoms with Gasteiger partial charge in [-0.25, -0.2) is 0 Å². The highest BCUT2D eigenvalue weighted by atomic mass is 14.4. The molecule has 0 spiro atoms. The molecule has 1 heteroatoms. The van der Waals surface area contributed by atoms with Gasteiger partial charge in [0.2, 0.25) is 0 Å². The van der Waals surface area contributed by atoms with Crippen molar-refractivity contribution >= 4 is 5.71 Å². The SMILES string of the molecule is CCCCCc1ccccc1C(=N)c1ccccc1. The van der Waals surface area contributed by atoms with Crippen molar-refractivity contribution in [1.82, 2.24) is 0 Å². The maximum absolute atomic E-state index is 8.39. The minimum absolute atomic E-state index is 0.632. The summed E-state index contributed by atoms with van der Waals surface area (Å²) in [5.74, 6) is 0. The van der Waals surface area contributed by atoms with Gasteiger partial charge in [-0.05, 0) is 18.4 Å². The number of hydrogen-bond acceptors (Lipinski definition) is 1. The topological polar surface area (TPSA) is 23.9 Å². The third-order valence-electron chi connectivity index (χ3n) is 3.40. The lowest BCUT2D eigenvalue weighted by Gasteiger charge is -2.10. The van der Waals surface area contributed by atoms with Crippen LogP contribution in [-0.2, 0) is 6.42 Å². The van der Waals surface area contributed by atoms with Gasteiger partial charge < -0.3 is 0 Å². The van der Waals surface area contributed by atoms with Gasteiger partial charge in [0, 0.05) is 11.1 Å². The highest BCUT2D eigenvalue weighted by molar-refractivity contribution is 6.11. The first-order chi connectivity index (χ1) is 9.33. The molecule has 0 aliphatic heterocycles. The Labute approximate surface area is 115 Å². The molecule has 1 nitrogen and oxygen atoms in total. The average molecular weight is 251 g/mol. The van der Waals surface area contributed by atoms with Crippen LogP contribution in [0.5, 0.6) is 0 Å². The summed E-state index contributed by atoms with van der Waals surface area (Å²) in [4.78, 5) is 0. The molecule has 2 aromatic rings. The van der Waals surface area contributed by atoms with Crippen LogP contribution in [0, 0.1) is 5.41 Å². The standard InChI is InChI=1S/C18H21N/c1-2-3-5-10-15-11-8-9-14-17(15)18(19)16-12-6-4-7-13-16/h4,6-9,11-14,19H,2-3,5,10H2,1H3. The summed E-state index contributed by atoms with van der Waals surface area (Å²) >= 11 is 0. The highest BCUT2D eigenvalue weighted by Gasteiger charge is 2.08. The molecular weight excluding hydrogens is 230 g/mol. The fraction of sp³-hybridized carbons (Fsp3) is 0.278. The van der Waals surface area contributed by atoms with E-state index in [2.05, 4.69) is 25.1 Å². The first-order valence-corrected chi connectivity index (χ1v) is 7.05. The molecule has 19 heavy (non-hydrogen) atoms. The molecule has 2 rings (SSSR count). The van der Waals surface area contributed by atoms with Gasteiger partial charge in [-0.3, -0.25) is 5.41 Å². The van der Waals surface area contributed by atoms with Crippen LogP contribution >= 0.6 is 0 Å². The molecule has 0 unspecified atom stereocenters. The third-order valence-corrected chi connectivity index (χ3v) is 3.40. The number of nitrogens with one attached hydrogen (secondary N) is 1. The van der Waals surface area contributed by atoms with Crippen molar-refractivity contribution in [3.63, 3.8) is 0 Å². The minimum atomic E-state index is 0.632. The predicted octanol–water partition coefficient (Wildman–Crippen LogP) is 4.84. The number of benzene rings is 2. The van der Waals surface area contributed by atoms with Gasteiger partial charge in [-0.2, -0.15) is 0 Å². The van der Waals surface area contributed by atoms with Gasteiger partial charge in [-0.1, -0.05) is 74.4 Å². The van der Waals surface area contributed by atoms with E-state index in [0.29, 0.717) is 5.71 Å². The van der Waals surface area contributed by atoms with Crippen LogP contribution in [0.4, 0.5) is 0 Å². The van der Waals surface area contributed by atoms with Gasteiger partial charge >= 0.3 is 0 Å². The van der Waals surface area contributed by atoms with E-state index >= 15 is 0 Å². The summed E-state index contributed by atoms with van der Waals surface area (Å²) in [6.45, 7) is 2.22. The van der Waals surface area contributed by atoms with Crippen molar-refractivity contribution in [3.8, 4) is 0 Å². The molecule has 0 atom stereocenters. The normalized spacial score (nSPS) is 10.4. The molecule has 98 valence electrons. The third kappa shape index (κ3) is 3.54. The molecule has 0 aliphatic carbocycles. The fourth-order valence-corrected chi connectivity index (χ4v) is 2.31. The van der Waals surface area contributed by atoms with Gasteiger partial charge in [0.25, 0.3) is 0 Å². The Morgan fingerprint density at radius 1 is 0.895 bits per heavy atom. The summed E-state index contributed by atoms with van der Waals surface area (Å²) in [6.07, 6.45) is 4.76. The molecule has 0 aromatic heterocycles. The van der Waals surface area contributed by atoms with Crippen molar-refractivity contribution in [1.29, 1.82) is 5.41 Å². The van der Waals surface area contributed by atoms with Crippen molar-refractivity contribution < 1.29 is 0 Å². The lowest BCUT2D eigenvalue weighted by molar-refractivity contribution is 0.717. The van der Waals surface area contributed by atoms with Crippen LogP contribution in [0.25, 0.3) is 0 Å². The van der Waals surface area contributed by atoms with Crippen molar-refractivity contribution in [2.75, 3.05) is 0 Å². The van der Waals surface area contributed by atoms with E-state index in [1.165, 1.54) is 24.8 Å². The molecule has 0 fully saturated rings. The monoisotopic (exact) mass is 251 g/mol. The number of aryl methyl sites for hydroxylation is 1. The molecule has 1 N–H and O–H groups in total. The van der Waals surface area contributed by atoms with Crippen molar-refractivity contribution in [3.05, 3.63) is 71.3 Å². The summed E-state index contributed by atoms with van der Waals surface area (Å²) in [5.41, 5.74) is 3.99. The molecular formula is C18H21N. The van der Waals surface area contributed by atoms with E-state index in [1.807, 2.05) is 36.4 Å². The van der Waals surface area contributed by atoms with E-state index in [9.17, 15) is 0 Å². The van der Waals surface area contributed by atoms with E-state index in [4.69, 9.17) is 5.41 Å². The van der Waals surface area contributed by atoms with Crippen LogP contribution in [0.1, 0.15) is 42.9 Å². The Balaban J connectivity index is 2.22. The number of unbranched alkanes of at least 4 members (excludes halogenated alkanes) is 2. The molecule has 2 aromatic carbocycles. The number of rotatable bonds is 6. The van der Waals surface area contributed by atoms with Gasteiger partial charge in [-0.15, -0.1) is 0 Å². The lowest BCUT2D eigenvalue weighted by atomic mass is 9.94. The second-order valence-corrected chi connectivity index (χ2v) is 4.86. The molecule has 0 saturated heterocycles. The predicted molar refractivity (Wildman–Crippen MR) is 82.0 cm³/mol. The highest BCUT2D eigenvalue weighted by Crippen LogP contribution is 2.17. The Kier molecular flexibility index (Phi) is 4.91. The van der Waals surface area contributed by atoms with Crippen LogP contribution in [-0.4, -0.2) is 5.71 Å². The average Bonchev–Trinajstić information content (AvgIpc) is 2.48. The van der Waals surface area contributed by atoms with Crippen LogP contribution in [0.3, 0.4) is 0 Å². The maximum atomic E-state index is 8.39. The summed E-state index contributed by atoms with van der Waals surface area (Å²) in [5, 5.41) is 8.39. The zero-order chi connectivity index (χ0) is 13.5. The van der Waals surface area contributed by atoms with Crippen LogP contribution < -0.4 is 0 Å². The molecule has 0 amide bonds. The quantitative estimate of drug-likeness (QED) is 0.561. The smallest absolute Gasteiger partial charge is 0.0687 e. The first-order valence-electron chi connectivity index (χ1n) is 7.05. The maximum Gasteiger partial charge on any atom is 0.0687 e. The summed E-state index contributed by atoms with van der Waals surface area (Å²) in [7, 11) is 0. The summed E-state index contributed by atoms with van der Waals surface area (Å²) < 4.78 is 0. The second kappa shape index (κ2) is 6.89. The lowest BCUT2D eigenvalue weighted by Crippen LogP contribution is -2.05. The van der Waals surface area contributed by atoms with Crippen molar-refractivity contribution in [2.45, 2.75) is 32.6 Å². The van der Waals surface area contributed by atoms with E-state index in [-0.39, 0.29) is 0 Å². The van der Waals surface area contributed by atoms with Gasteiger partial charge in [0.05, 0.1) is 5.71 Å². The molecule has 0 heterocycles. The van der Waals surface area contributed by atoms with E-state index in [0.717, 1.165) is 17.5 Å². The largest absolute Gasteiger partial charge is 0.300 e. The van der Waals surface area contributed by atoms with E-state index in [1.54, 1.807) is 0 Å². The Morgan fingerprint density at radius 3 is 2.32 bits per heavy atom. The van der Waals surface area contributed by atoms with Crippen LogP contribution in [0.15, 0.2) is 54.6 Å². The second-order valence-electron chi connectivity index (χ2n) is 4.86. The fourth-order valence-electron chi connectivity index (χ4n) is 2.31. The zero-order valence-corrected chi connectivity index (χ0v) is 11.5. The summed E-state index contributed by atoms with van der Waals surface area (Å²) in [6, 6.07) is 18.3. The Morgan fingerprint density at radius 2 is 1.58 bits per heavy atom. The first kappa shape index (κ1) is 13.5.